The molecule has 0 amide bonds. The zero-order chi connectivity index (χ0) is 10.6. The van der Waals surface area contributed by atoms with Crippen molar-refractivity contribution in [2.45, 2.75) is 33.7 Å². The molecule has 0 aliphatic carbocycles. The Morgan fingerprint density at radius 3 is 2.64 bits per heavy atom. The van der Waals surface area contributed by atoms with Crippen molar-refractivity contribution in [1.82, 2.24) is 9.78 Å². The van der Waals surface area contributed by atoms with Crippen LogP contribution in [0.25, 0.3) is 0 Å². The van der Waals surface area contributed by atoms with Gasteiger partial charge in [0.05, 0.1) is 16.4 Å². The van der Waals surface area contributed by atoms with E-state index in [0.29, 0.717) is 0 Å². The molecule has 0 aliphatic rings. The van der Waals surface area contributed by atoms with Crippen molar-refractivity contribution in [3.05, 3.63) is 16.4 Å². The zero-order valence-electron chi connectivity index (χ0n) is 9.01. The maximum absolute atomic E-state index is 6.05. The topological polar surface area (TPSA) is 17.8 Å². The Kier molecular flexibility index (Phi) is 4.82. The first-order valence-corrected chi connectivity index (χ1v) is 6.47. The molecule has 0 N–H and O–H groups in total. The van der Waals surface area contributed by atoms with E-state index in [4.69, 9.17) is 11.6 Å². The Morgan fingerprint density at radius 2 is 2.14 bits per heavy atom. The van der Waals surface area contributed by atoms with Crippen LogP contribution in [0.2, 0.25) is 5.02 Å². The Morgan fingerprint density at radius 1 is 1.43 bits per heavy atom. The van der Waals surface area contributed by atoms with Crippen LogP contribution in [0.3, 0.4) is 0 Å². The van der Waals surface area contributed by atoms with Crippen molar-refractivity contribution in [1.29, 1.82) is 0 Å². The van der Waals surface area contributed by atoms with Gasteiger partial charge in [-0.1, -0.05) is 18.5 Å². The molecule has 14 heavy (non-hydrogen) atoms. The van der Waals surface area contributed by atoms with Gasteiger partial charge in [0, 0.05) is 6.54 Å². The van der Waals surface area contributed by atoms with E-state index >= 15 is 0 Å². The van der Waals surface area contributed by atoms with Gasteiger partial charge in [-0.15, -0.1) is 0 Å². The van der Waals surface area contributed by atoms with Crippen LogP contribution >= 0.6 is 23.4 Å². The molecule has 1 aromatic rings. The van der Waals surface area contributed by atoms with E-state index in [1.54, 1.807) is 0 Å². The summed E-state index contributed by atoms with van der Waals surface area (Å²) in [5.74, 6) is 2.39. The number of aromatic nitrogens is 2. The summed E-state index contributed by atoms with van der Waals surface area (Å²) in [4.78, 5) is 0. The van der Waals surface area contributed by atoms with Crippen molar-refractivity contribution in [2.75, 3.05) is 11.5 Å². The second-order valence-corrected chi connectivity index (χ2v) is 5.03. The van der Waals surface area contributed by atoms with Crippen molar-refractivity contribution in [2.24, 2.45) is 0 Å². The lowest BCUT2D eigenvalue weighted by molar-refractivity contribution is 0.586. The van der Waals surface area contributed by atoms with Crippen LogP contribution in [-0.2, 0) is 6.54 Å². The Bertz CT molecular complexity index is 297. The largest absolute Gasteiger partial charge is 0.268 e. The molecule has 0 saturated heterocycles. The predicted molar refractivity (Wildman–Crippen MR) is 64.3 cm³/mol. The summed E-state index contributed by atoms with van der Waals surface area (Å²) in [5, 5.41) is 5.20. The molecule has 80 valence electrons. The second-order valence-electron chi connectivity index (χ2n) is 3.26. The van der Waals surface area contributed by atoms with Crippen LogP contribution in [-0.4, -0.2) is 21.3 Å². The summed E-state index contributed by atoms with van der Waals surface area (Å²) < 4.78 is 2.01. The van der Waals surface area contributed by atoms with Gasteiger partial charge in [0.2, 0.25) is 0 Å². The SMILES string of the molecule is CCSCCCn1nc(C)c(Cl)c1C. The van der Waals surface area contributed by atoms with E-state index in [2.05, 4.69) is 12.0 Å². The van der Waals surface area contributed by atoms with Gasteiger partial charge in [0.25, 0.3) is 0 Å². The van der Waals surface area contributed by atoms with Crippen LogP contribution in [0, 0.1) is 13.8 Å². The first-order valence-electron chi connectivity index (χ1n) is 4.94. The number of aryl methyl sites for hydroxylation is 2. The highest BCUT2D eigenvalue weighted by Crippen LogP contribution is 2.19. The highest BCUT2D eigenvalue weighted by atomic mass is 35.5. The lowest BCUT2D eigenvalue weighted by Crippen LogP contribution is -2.03. The molecule has 2 nitrogen and oxygen atoms in total. The maximum atomic E-state index is 6.05. The molecular weight excluding hydrogens is 216 g/mol. The molecule has 0 radical (unpaired) electrons. The summed E-state index contributed by atoms with van der Waals surface area (Å²) in [7, 11) is 0. The van der Waals surface area contributed by atoms with Gasteiger partial charge in [-0.05, 0) is 31.8 Å². The third-order valence-electron chi connectivity index (χ3n) is 2.16. The summed E-state index contributed by atoms with van der Waals surface area (Å²) in [6, 6.07) is 0. The molecule has 0 spiro atoms. The van der Waals surface area contributed by atoms with Crippen LogP contribution in [0.5, 0.6) is 0 Å². The van der Waals surface area contributed by atoms with Crippen LogP contribution in [0.1, 0.15) is 24.7 Å². The molecule has 1 aromatic heterocycles. The van der Waals surface area contributed by atoms with Gasteiger partial charge in [0.15, 0.2) is 0 Å². The van der Waals surface area contributed by atoms with Gasteiger partial charge in [-0.25, -0.2) is 0 Å². The number of thioether (sulfide) groups is 1. The van der Waals surface area contributed by atoms with E-state index in [-0.39, 0.29) is 0 Å². The van der Waals surface area contributed by atoms with Crippen molar-refractivity contribution in [3.8, 4) is 0 Å². The third-order valence-corrected chi connectivity index (χ3v) is 3.69. The fourth-order valence-corrected chi connectivity index (χ4v) is 2.11. The van der Waals surface area contributed by atoms with Crippen molar-refractivity contribution < 1.29 is 0 Å². The third kappa shape index (κ3) is 2.92. The molecule has 1 heterocycles. The molecule has 0 bridgehead atoms. The van der Waals surface area contributed by atoms with E-state index in [0.717, 1.165) is 29.4 Å². The Labute approximate surface area is 95.0 Å². The fourth-order valence-electron chi connectivity index (χ4n) is 1.35. The summed E-state index contributed by atoms with van der Waals surface area (Å²) in [5.41, 5.74) is 2.03. The quantitative estimate of drug-likeness (QED) is 0.725. The van der Waals surface area contributed by atoms with E-state index in [9.17, 15) is 0 Å². The van der Waals surface area contributed by atoms with Gasteiger partial charge >= 0.3 is 0 Å². The van der Waals surface area contributed by atoms with Gasteiger partial charge in [-0.3, -0.25) is 4.68 Å². The Balaban J connectivity index is 2.47. The molecule has 0 aliphatic heterocycles. The Hall–Kier alpha value is -0.150. The van der Waals surface area contributed by atoms with Crippen molar-refractivity contribution >= 4 is 23.4 Å². The molecule has 0 atom stereocenters. The lowest BCUT2D eigenvalue weighted by atomic mass is 10.4. The van der Waals surface area contributed by atoms with Crippen LogP contribution < -0.4 is 0 Å². The minimum absolute atomic E-state index is 0.813. The minimum atomic E-state index is 0.813. The monoisotopic (exact) mass is 232 g/mol. The summed E-state index contributed by atoms with van der Waals surface area (Å²) in [6.45, 7) is 7.14. The standard InChI is InChI=1S/C10H17ClN2S/c1-4-14-7-5-6-13-9(3)10(11)8(2)12-13/h4-7H2,1-3H3. The average molecular weight is 233 g/mol. The van der Waals surface area contributed by atoms with Crippen molar-refractivity contribution in [3.63, 3.8) is 0 Å². The number of hydrogen-bond acceptors (Lipinski definition) is 2. The maximum Gasteiger partial charge on any atom is 0.0844 e. The van der Waals surface area contributed by atoms with Crippen LogP contribution in [0.4, 0.5) is 0 Å². The number of hydrogen-bond donors (Lipinski definition) is 0. The smallest absolute Gasteiger partial charge is 0.0844 e. The molecule has 0 fully saturated rings. The summed E-state index contributed by atoms with van der Waals surface area (Å²) in [6.07, 6.45) is 1.16. The molecular formula is C10H17ClN2S. The predicted octanol–water partition coefficient (Wildman–Crippen LogP) is 3.30. The van der Waals surface area contributed by atoms with Gasteiger partial charge < -0.3 is 0 Å². The average Bonchev–Trinajstić information content (AvgIpc) is 2.41. The highest BCUT2D eigenvalue weighted by molar-refractivity contribution is 7.99. The van der Waals surface area contributed by atoms with E-state index in [1.807, 2.05) is 30.3 Å². The molecule has 0 aromatic carbocycles. The first-order chi connectivity index (χ1) is 6.66. The van der Waals surface area contributed by atoms with E-state index < -0.39 is 0 Å². The molecule has 4 heteroatoms. The zero-order valence-corrected chi connectivity index (χ0v) is 10.6. The number of halogens is 1. The second kappa shape index (κ2) is 5.66. The lowest BCUT2D eigenvalue weighted by Gasteiger charge is -2.03. The first kappa shape index (κ1) is 11.9. The van der Waals surface area contributed by atoms with Gasteiger partial charge in [-0.2, -0.15) is 16.9 Å². The van der Waals surface area contributed by atoms with Gasteiger partial charge in [0.1, 0.15) is 0 Å². The molecule has 1 rings (SSSR count). The molecule has 0 unspecified atom stereocenters. The summed E-state index contributed by atoms with van der Waals surface area (Å²) >= 11 is 8.02. The van der Waals surface area contributed by atoms with Crippen LogP contribution in [0.15, 0.2) is 0 Å². The minimum Gasteiger partial charge on any atom is -0.268 e. The number of nitrogens with zero attached hydrogens (tertiary/aromatic N) is 2. The normalized spacial score (nSPS) is 10.9. The van der Waals surface area contributed by atoms with E-state index in [1.165, 1.54) is 11.5 Å². The molecule has 0 saturated carbocycles. The number of rotatable bonds is 5. The highest BCUT2D eigenvalue weighted by Gasteiger charge is 2.07. The fraction of sp³-hybridized carbons (Fsp3) is 0.700.